The summed E-state index contributed by atoms with van der Waals surface area (Å²) in [6.45, 7) is 3.92. The molecule has 7 nitrogen and oxygen atoms in total. The Morgan fingerprint density at radius 2 is 1.53 bits per heavy atom. The van der Waals surface area contributed by atoms with Crippen molar-refractivity contribution < 1.29 is 13.2 Å². The summed E-state index contributed by atoms with van der Waals surface area (Å²) in [6, 6.07) is 19.6. The number of hydrogen-bond donors (Lipinski definition) is 0. The second-order valence-corrected chi connectivity index (χ2v) is 10.2. The second-order valence-electron chi connectivity index (χ2n) is 7.30. The van der Waals surface area contributed by atoms with Crippen LogP contribution in [0.15, 0.2) is 81.7 Å². The van der Waals surface area contributed by atoms with Crippen LogP contribution in [-0.2, 0) is 15.6 Å². The predicted octanol–water partition coefficient (Wildman–Crippen LogP) is 4.41. The molecule has 0 bridgehead atoms. The molecule has 4 rings (SSSR count). The molecule has 0 fully saturated rings. The maximum Gasteiger partial charge on any atom is 0.214 e. The zero-order chi connectivity index (χ0) is 22.7. The summed E-state index contributed by atoms with van der Waals surface area (Å²) in [6.07, 6.45) is 0. The number of aromatic nitrogens is 4. The van der Waals surface area contributed by atoms with E-state index in [0.29, 0.717) is 16.7 Å². The molecule has 0 amide bonds. The van der Waals surface area contributed by atoms with Crippen molar-refractivity contribution in [3.63, 3.8) is 0 Å². The zero-order valence-corrected chi connectivity index (χ0v) is 19.5. The highest BCUT2D eigenvalue weighted by Gasteiger charge is 2.18. The normalized spacial score (nSPS) is 11.5. The first-order chi connectivity index (χ1) is 15.4. The van der Waals surface area contributed by atoms with E-state index in [0.717, 1.165) is 22.4 Å². The molecule has 0 aliphatic carbocycles. The average Bonchev–Trinajstić information content (AvgIpc) is 3.27. The Hall–Kier alpha value is -3.17. The van der Waals surface area contributed by atoms with Gasteiger partial charge in [-0.05, 0) is 71.8 Å². The lowest BCUT2D eigenvalue weighted by Crippen LogP contribution is -2.03. The van der Waals surface area contributed by atoms with Gasteiger partial charge in [0.2, 0.25) is 15.0 Å². The lowest BCUT2D eigenvalue weighted by atomic mass is 10.2. The minimum atomic E-state index is -3.54. The predicted molar refractivity (Wildman–Crippen MR) is 123 cm³/mol. The second kappa shape index (κ2) is 9.13. The number of nitrogens with zero attached hydrogens (tertiary/aromatic N) is 4. The van der Waals surface area contributed by atoms with Crippen molar-refractivity contribution in [1.82, 2.24) is 20.2 Å². The summed E-state index contributed by atoms with van der Waals surface area (Å²) in [5.41, 5.74) is 3.81. The molecule has 0 saturated heterocycles. The molecule has 1 heterocycles. The lowest BCUT2D eigenvalue weighted by Gasteiger charge is -2.10. The van der Waals surface area contributed by atoms with Gasteiger partial charge in [-0.15, -0.1) is 5.10 Å². The van der Waals surface area contributed by atoms with Crippen molar-refractivity contribution in [2.75, 3.05) is 7.11 Å². The first-order valence-electron chi connectivity index (χ1n) is 9.85. The number of benzene rings is 3. The Balaban J connectivity index is 1.51. The minimum absolute atomic E-state index is 0.268. The fourth-order valence-corrected chi connectivity index (χ4v) is 5.25. The molecule has 0 aliphatic rings. The fourth-order valence-electron chi connectivity index (χ4n) is 3.15. The molecule has 0 atom stereocenters. The molecule has 1 aromatic heterocycles. The molecule has 0 aliphatic heterocycles. The molecule has 32 heavy (non-hydrogen) atoms. The molecule has 0 saturated carbocycles. The molecular weight excluding hydrogens is 444 g/mol. The lowest BCUT2D eigenvalue weighted by molar-refractivity contribution is 0.410. The molecule has 0 spiro atoms. The Kier molecular flexibility index (Phi) is 6.29. The largest absolute Gasteiger partial charge is 0.494 e. The summed E-state index contributed by atoms with van der Waals surface area (Å²) >= 11 is 1.46. The number of ether oxygens (including phenoxy) is 1. The molecular formula is C23H22N4O3S2. The van der Waals surface area contributed by atoms with Crippen molar-refractivity contribution in [1.29, 1.82) is 0 Å². The highest BCUT2D eigenvalue weighted by molar-refractivity contribution is 7.98. The van der Waals surface area contributed by atoms with Gasteiger partial charge in [0.25, 0.3) is 0 Å². The highest BCUT2D eigenvalue weighted by Crippen LogP contribution is 2.29. The van der Waals surface area contributed by atoms with Crippen LogP contribution in [0.3, 0.4) is 0 Å². The number of tetrazole rings is 1. The van der Waals surface area contributed by atoms with Gasteiger partial charge < -0.3 is 4.74 Å². The number of thioether (sulfide) groups is 1. The van der Waals surface area contributed by atoms with E-state index in [1.165, 1.54) is 11.8 Å². The Morgan fingerprint density at radius 3 is 2.19 bits per heavy atom. The van der Waals surface area contributed by atoms with Crippen LogP contribution in [0.25, 0.3) is 5.69 Å². The first kappa shape index (κ1) is 22.0. The van der Waals surface area contributed by atoms with Gasteiger partial charge in [-0.1, -0.05) is 47.7 Å². The van der Waals surface area contributed by atoms with E-state index in [1.807, 2.05) is 44.2 Å². The van der Waals surface area contributed by atoms with Gasteiger partial charge in [0.15, 0.2) is 0 Å². The number of methoxy groups -OCH3 is 1. The quantitative estimate of drug-likeness (QED) is 0.373. The molecule has 9 heteroatoms. The molecule has 0 N–H and O–H groups in total. The minimum Gasteiger partial charge on any atom is -0.494 e. The van der Waals surface area contributed by atoms with Crippen LogP contribution < -0.4 is 4.74 Å². The van der Waals surface area contributed by atoms with Gasteiger partial charge >= 0.3 is 0 Å². The number of sulfone groups is 1. The third kappa shape index (κ3) is 4.53. The van der Waals surface area contributed by atoms with Gasteiger partial charge in [-0.3, -0.25) is 0 Å². The Morgan fingerprint density at radius 1 is 0.906 bits per heavy atom. The van der Waals surface area contributed by atoms with Crippen LogP contribution in [0.5, 0.6) is 5.75 Å². The van der Waals surface area contributed by atoms with Crippen molar-refractivity contribution in [2.45, 2.75) is 34.5 Å². The fraction of sp³-hybridized carbons (Fsp3) is 0.174. The van der Waals surface area contributed by atoms with E-state index in [4.69, 9.17) is 4.74 Å². The van der Waals surface area contributed by atoms with Crippen LogP contribution >= 0.6 is 11.8 Å². The smallest absolute Gasteiger partial charge is 0.214 e. The SMILES string of the molecule is COc1ccc(C)cc1-n1nnnc1SCc1ccc(S(=O)(=O)c2ccc(C)cc2)cc1. The van der Waals surface area contributed by atoms with Gasteiger partial charge in [0.05, 0.1) is 16.9 Å². The zero-order valence-electron chi connectivity index (χ0n) is 17.9. The van der Waals surface area contributed by atoms with Crippen LogP contribution in [-0.4, -0.2) is 35.7 Å². The van der Waals surface area contributed by atoms with E-state index in [-0.39, 0.29) is 9.79 Å². The van der Waals surface area contributed by atoms with E-state index < -0.39 is 9.84 Å². The summed E-state index contributed by atoms with van der Waals surface area (Å²) in [5.74, 6) is 1.26. The standard InChI is InChI=1S/C23H22N4O3S2/c1-16-4-9-19(10-5-16)32(28,29)20-11-7-18(8-12-20)15-31-23-24-25-26-27(23)21-14-17(2)6-13-22(21)30-3/h4-14H,15H2,1-3H3. The molecule has 0 unspecified atom stereocenters. The summed E-state index contributed by atoms with van der Waals surface area (Å²) in [5, 5.41) is 12.7. The van der Waals surface area contributed by atoms with Gasteiger partial charge in [0, 0.05) is 5.75 Å². The van der Waals surface area contributed by atoms with Gasteiger partial charge in [-0.25, -0.2) is 8.42 Å². The van der Waals surface area contributed by atoms with E-state index in [9.17, 15) is 8.42 Å². The number of rotatable bonds is 7. The summed E-state index contributed by atoms with van der Waals surface area (Å²) < 4.78 is 32.8. The average molecular weight is 467 g/mol. The topological polar surface area (TPSA) is 87.0 Å². The number of hydrogen-bond acceptors (Lipinski definition) is 7. The summed E-state index contributed by atoms with van der Waals surface area (Å²) in [4.78, 5) is 0.556. The first-order valence-corrected chi connectivity index (χ1v) is 12.3. The Bertz CT molecular complexity index is 1330. The molecule has 0 radical (unpaired) electrons. The summed E-state index contributed by atoms with van der Waals surface area (Å²) in [7, 11) is -1.93. The third-order valence-corrected chi connectivity index (χ3v) is 7.71. The Labute approximate surface area is 191 Å². The molecule has 164 valence electrons. The van der Waals surface area contributed by atoms with Crippen LogP contribution in [0, 0.1) is 13.8 Å². The van der Waals surface area contributed by atoms with Crippen molar-refractivity contribution in [2.24, 2.45) is 0 Å². The van der Waals surface area contributed by atoms with Crippen LogP contribution in [0.1, 0.15) is 16.7 Å². The monoisotopic (exact) mass is 466 g/mol. The van der Waals surface area contributed by atoms with E-state index in [2.05, 4.69) is 15.5 Å². The molecule has 3 aromatic carbocycles. The van der Waals surface area contributed by atoms with Crippen molar-refractivity contribution in [3.8, 4) is 11.4 Å². The number of aryl methyl sites for hydroxylation is 2. The van der Waals surface area contributed by atoms with Crippen LogP contribution in [0.4, 0.5) is 0 Å². The van der Waals surface area contributed by atoms with E-state index >= 15 is 0 Å². The van der Waals surface area contributed by atoms with Gasteiger partial charge in [0.1, 0.15) is 11.4 Å². The molecule has 4 aromatic rings. The van der Waals surface area contributed by atoms with Crippen LogP contribution in [0.2, 0.25) is 0 Å². The highest BCUT2D eigenvalue weighted by atomic mass is 32.2. The van der Waals surface area contributed by atoms with E-state index in [1.54, 1.807) is 48.2 Å². The van der Waals surface area contributed by atoms with Gasteiger partial charge in [-0.2, -0.15) is 4.68 Å². The third-order valence-electron chi connectivity index (χ3n) is 4.94. The maximum absolute atomic E-state index is 12.8. The van der Waals surface area contributed by atoms with Crippen molar-refractivity contribution in [3.05, 3.63) is 83.4 Å². The van der Waals surface area contributed by atoms with Crippen molar-refractivity contribution >= 4 is 21.6 Å². The maximum atomic E-state index is 12.8.